The van der Waals surface area contributed by atoms with Crippen molar-refractivity contribution in [2.45, 2.75) is 19.3 Å². The zero-order valence-electron chi connectivity index (χ0n) is 15.8. The quantitative estimate of drug-likeness (QED) is 0.519. The molecule has 2 aromatic heterocycles. The number of methoxy groups -OCH3 is 1. The highest BCUT2D eigenvalue weighted by Crippen LogP contribution is 2.36. The maximum absolute atomic E-state index is 13.2. The SMILES string of the molecule is COc1ccc2c(c1)c(N=NC1=CC(=O)CCC1)c1[nH]c3ccccc3c(=O)n12. The first-order valence-electron chi connectivity index (χ1n) is 9.44. The Labute approximate surface area is 165 Å². The van der Waals surface area contributed by atoms with E-state index in [1.54, 1.807) is 23.7 Å². The number of ketones is 1. The molecule has 1 aliphatic rings. The number of hydrogen-bond acceptors (Lipinski definition) is 5. The third-order valence-corrected chi connectivity index (χ3v) is 5.22. The maximum Gasteiger partial charge on any atom is 0.266 e. The van der Waals surface area contributed by atoms with Crippen LogP contribution in [0.4, 0.5) is 5.69 Å². The van der Waals surface area contributed by atoms with Gasteiger partial charge in [-0.15, -0.1) is 5.11 Å². The molecule has 1 aliphatic carbocycles. The number of allylic oxidation sites excluding steroid dienone is 2. The van der Waals surface area contributed by atoms with Crippen molar-refractivity contribution in [3.05, 3.63) is 64.6 Å². The first-order chi connectivity index (χ1) is 14.2. The van der Waals surface area contributed by atoms with Crippen molar-refractivity contribution in [3.8, 4) is 5.75 Å². The number of para-hydroxylation sites is 1. The minimum atomic E-state index is -0.127. The highest BCUT2D eigenvalue weighted by Gasteiger charge is 2.17. The van der Waals surface area contributed by atoms with Gasteiger partial charge in [-0.25, -0.2) is 0 Å². The molecule has 2 aromatic carbocycles. The second-order valence-corrected chi connectivity index (χ2v) is 7.05. The largest absolute Gasteiger partial charge is 0.497 e. The van der Waals surface area contributed by atoms with Crippen molar-refractivity contribution in [1.82, 2.24) is 9.38 Å². The van der Waals surface area contributed by atoms with Crippen molar-refractivity contribution in [2.24, 2.45) is 10.2 Å². The molecule has 7 nitrogen and oxygen atoms in total. The van der Waals surface area contributed by atoms with Gasteiger partial charge in [0.25, 0.3) is 5.56 Å². The molecule has 29 heavy (non-hydrogen) atoms. The van der Waals surface area contributed by atoms with Crippen molar-refractivity contribution in [2.75, 3.05) is 7.11 Å². The maximum atomic E-state index is 13.2. The number of hydrogen-bond donors (Lipinski definition) is 1. The highest BCUT2D eigenvalue weighted by molar-refractivity contribution is 6.02. The molecule has 1 N–H and O–H groups in total. The molecule has 0 aliphatic heterocycles. The van der Waals surface area contributed by atoms with Crippen LogP contribution >= 0.6 is 0 Å². The van der Waals surface area contributed by atoms with Gasteiger partial charge in [0.2, 0.25) is 0 Å². The fraction of sp³-hybridized carbons (Fsp3) is 0.182. The summed E-state index contributed by atoms with van der Waals surface area (Å²) in [5.41, 5.74) is 3.07. The number of nitrogens with one attached hydrogen (secondary N) is 1. The van der Waals surface area contributed by atoms with Crippen LogP contribution < -0.4 is 10.3 Å². The minimum Gasteiger partial charge on any atom is -0.497 e. The first-order valence-corrected chi connectivity index (χ1v) is 9.44. The predicted octanol–water partition coefficient (Wildman–Crippen LogP) is 4.66. The number of fused-ring (bicyclic) bond motifs is 4. The molecule has 7 heteroatoms. The van der Waals surface area contributed by atoms with Gasteiger partial charge in [0.1, 0.15) is 17.1 Å². The Morgan fingerprint density at radius 2 is 1.90 bits per heavy atom. The van der Waals surface area contributed by atoms with Gasteiger partial charge >= 0.3 is 0 Å². The lowest BCUT2D eigenvalue weighted by atomic mass is 10.0. The van der Waals surface area contributed by atoms with Crippen molar-refractivity contribution < 1.29 is 9.53 Å². The third-order valence-electron chi connectivity index (χ3n) is 5.22. The Balaban J connectivity index is 1.84. The number of benzene rings is 2. The molecular formula is C22H18N4O3. The van der Waals surface area contributed by atoms with Crippen LogP contribution in [0.5, 0.6) is 5.75 Å². The Hall–Kier alpha value is -3.74. The molecule has 144 valence electrons. The molecule has 0 atom stereocenters. The third kappa shape index (κ3) is 2.82. The molecule has 0 bridgehead atoms. The van der Waals surface area contributed by atoms with E-state index in [1.807, 2.05) is 36.4 Å². The lowest BCUT2D eigenvalue weighted by Gasteiger charge is -2.05. The predicted molar refractivity (Wildman–Crippen MR) is 111 cm³/mol. The van der Waals surface area contributed by atoms with Crippen molar-refractivity contribution in [3.63, 3.8) is 0 Å². The molecule has 2 heterocycles. The van der Waals surface area contributed by atoms with Gasteiger partial charge in [-0.2, -0.15) is 5.11 Å². The summed E-state index contributed by atoms with van der Waals surface area (Å²) in [5.74, 6) is 0.729. The number of H-pyrrole nitrogens is 1. The van der Waals surface area contributed by atoms with Crippen LogP contribution in [-0.2, 0) is 4.79 Å². The topological polar surface area (TPSA) is 88.3 Å². The second-order valence-electron chi connectivity index (χ2n) is 7.05. The lowest BCUT2D eigenvalue weighted by molar-refractivity contribution is -0.115. The number of ether oxygens (including phenoxy) is 1. The molecule has 0 fully saturated rings. The summed E-state index contributed by atoms with van der Waals surface area (Å²) in [5, 5.41) is 10.1. The molecule has 0 spiro atoms. The van der Waals surface area contributed by atoms with E-state index in [-0.39, 0.29) is 11.3 Å². The second kappa shape index (κ2) is 6.70. The van der Waals surface area contributed by atoms with E-state index in [9.17, 15) is 9.59 Å². The average Bonchev–Trinajstić information content (AvgIpc) is 3.05. The van der Waals surface area contributed by atoms with Gasteiger partial charge in [-0.3, -0.25) is 14.0 Å². The Morgan fingerprint density at radius 3 is 2.72 bits per heavy atom. The number of rotatable bonds is 3. The summed E-state index contributed by atoms with van der Waals surface area (Å²) in [7, 11) is 1.59. The number of carbonyl (C=O) groups is 1. The summed E-state index contributed by atoms with van der Waals surface area (Å²) < 4.78 is 6.98. The average molecular weight is 386 g/mol. The number of nitrogens with zero attached hydrogens (tertiary/aromatic N) is 3. The fourth-order valence-corrected chi connectivity index (χ4v) is 3.80. The standard InChI is InChI=1S/C22H18N4O3/c1-29-15-9-10-19-17(12-15)20(25-24-13-5-4-6-14(27)11-13)21-23-18-8-3-2-7-16(18)22(28)26(19)21/h2-3,7-12,23H,4-6H2,1H3. The summed E-state index contributed by atoms with van der Waals surface area (Å²) in [6, 6.07) is 12.9. The number of azo groups is 1. The van der Waals surface area contributed by atoms with E-state index < -0.39 is 0 Å². The lowest BCUT2D eigenvalue weighted by Crippen LogP contribution is -2.13. The van der Waals surface area contributed by atoms with Crippen molar-refractivity contribution in [1.29, 1.82) is 0 Å². The molecule has 0 saturated carbocycles. The Kier molecular flexibility index (Phi) is 4.01. The van der Waals surface area contributed by atoms with Crippen LogP contribution in [0.1, 0.15) is 19.3 Å². The van der Waals surface area contributed by atoms with Crippen LogP contribution in [0.2, 0.25) is 0 Å². The molecule has 4 aromatic rings. The van der Waals surface area contributed by atoms with Crippen LogP contribution in [0, 0.1) is 0 Å². The molecule has 5 rings (SSSR count). The van der Waals surface area contributed by atoms with Crippen LogP contribution in [0.3, 0.4) is 0 Å². The summed E-state index contributed by atoms with van der Waals surface area (Å²) in [6.45, 7) is 0. The van der Waals surface area contributed by atoms with Gasteiger partial charge in [0, 0.05) is 17.9 Å². The fourth-order valence-electron chi connectivity index (χ4n) is 3.80. The zero-order valence-corrected chi connectivity index (χ0v) is 15.8. The molecule has 0 saturated heterocycles. The van der Waals surface area contributed by atoms with Gasteiger partial charge in [0.15, 0.2) is 5.78 Å². The van der Waals surface area contributed by atoms with Gasteiger partial charge in [-0.1, -0.05) is 12.1 Å². The highest BCUT2D eigenvalue weighted by atomic mass is 16.5. The van der Waals surface area contributed by atoms with E-state index in [0.717, 1.165) is 22.8 Å². The van der Waals surface area contributed by atoms with E-state index in [4.69, 9.17) is 4.74 Å². The monoisotopic (exact) mass is 386 g/mol. The van der Waals surface area contributed by atoms with E-state index in [2.05, 4.69) is 15.2 Å². The number of aromatic nitrogens is 2. The van der Waals surface area contributed by atoms with Gasteiger partial charge in [0.05, 0.1) is 29.2 Å². The molecule has 0 amide bonds. The Morgan fingerprint density at radius 1 is 1.03 bits per heavy atom. The van der Waals surface area contributed by atoms with Crippen LogP contribution in [0.15, 0.2) is 69.3 Å². The van der Waals surface area contributed by atoms with E-state index in [1.165, 1.54) is 0 Å². The van der Waals surface area contributed by atoms with Gasteiger partial charge in [-0.05, 0) is 43.2 Å². The Bertz CT molecular complexity index is 1410. The van der Waals surface area contributed by atoms with Crippen LogP contribution in [-0.4, -0.2) is 22.3 Å². The van der Waals surface area contributed by atoms with E-state index >= 15 is 0 Å². The number of aromatic amines is 1. The normalized spacial score (nSPS) is 14.9. The molecule has 0 radical (unpaired) electrons. The summed E-state index contributed by atoms with van der Waals surface area (Å²) >= 11 is 0. The minimum absolute atomic E-state index is 0.0675. The first kappa shape index (κ1) is 17.4. The van der Waals surface area contributed by atoms with Gasteiger partial charge < -0.3 is 9.72 Å². The molecule has 0 unspecified atom stereocenters. The number of carbonyl (C=O) groups excluding carboxylic acids is 1. The zero-order chi connectivity index (χ0) is 20.0. The molecular weight excluding hydrogens is 368 g/mol. The van der Waals surface area contributed by atoms with Crippen molar-refractivity contribution >= 4 is 38.9 Å². The summed E-state index contributed by atoms with van der Waals surface area (Å²) in [4.78, 5) is 28.2. The smallest absolute Gasteiger partial charge is 0.266 e. The van der Waals surface area contributed by atoms with E-state index in [0.29, 0.717) is 41.0 Å². The summed E-state index contributed by atoms with van der Waals surface area (Å²) in [6.07, 6.45) is 3.58. The van der Waals surface area contributed by atoms with Crippen LogP contribution in [0.25, 0.3) is 27.5 Å².